The van der Waals surface area contributed by atoms with Crippen LogP contribution >= 0.6 is 11.6 Å². The topological polar surface area (TPSA) is 29.1 Å². The molecule has 2 aliphatic rings. The van der Waals surface area contributed by atoms with Crippen LogP contribution in [-0.2, 0) is 4.79 Å². The van der Waals surface area contributed by atoms with Crippen molar-refractivity contribution in [3.8, 4) is 0 Å². The summed E-state index contributed by atoms with van der Waals surface area (Å²) in [5, 5.41) is 3.72. The molecule has 0 heterocycles. The summed E-state index contributed by atoms with van der Waals surface area (Å²) in [5.41, 5.74) is 0.823. The first kappa shape index (κ1) is 8.11. The van der Waals surface area contributed by atoms with Gasteiger partial charge in [-0.2, -0.15) is 0 Å². The summed E-state index contributed by atoms with van der Waals surface area (Å²) in [7, 11) is 0. The van der Waals surface area contributed by atoms with Crippen molar-refractivity contribution in [2.45, 2.75) is 38.1 Å². The molecule has 0 aliphatic heterocycles. The second-order valence-electron chi connectivity index (χ2n) is 3.48. The van der Waals surface area contributed by atoms with E-state index in [4.69, 9.17) is 11.6 Å². The molecule has 0 saturated heterocycles. The maximum Gasteiger partial charge on any atom is 0.248 e. The third-order valence-corrected chi connectivity index (χ3v) is 2.75. The first-order chi connectivity index (χ1) is 5.77. The lowest BCUT2D eigenvalue weighted by Gasteiger charge is -2.03. The van der Waals surface area contributed by atoms with Gasteiger partial charge in [-0.25, -0.2) is 0 Å². The molecule has 0 aromatic rings. The van der Waals surface area contributed by atoms with E-state index < -0.39 is 0 Å². The van der Waals surface area contributed by atoms with Crippen molar-refractivity contribution in [2.75, 3.05) is 0 Å². The Morgan fingerprint density at radius 1 is 1.42 bits per heavy atom. The lowest BCUT2D eigenvalue weighted by atomic mass is 10.2. The molecule has 0 aromatic heterocycles. The molecule has 0 radical (unpaired) electrons. The Morgan fingerprint density at radius 3 is 2.67 bits per heavy atom. The Kier molecular flexibility index (Phi) is 2.09. The Morgan fingerprint density at radius 2 is 2.17 bits per heavy atom. The van der Waals surface area contributed by atoms with Gasteiger partial charge in [-0.3, -0.25) is 4.79 Å². The van der Waals surface area contributed by atoms with Crippen molar-refractivity contribution < 1.29 is 4.79 Å². The number of nitrogens with one attached hydrogen (secondary N) is 1. The number of amides is 1. The molecule has 1 amide bonds. The fraction of sp³-hybridized carbons (Fsp3) is 0.667. The van der Waals surface area contributed by atoms with E-state index >= 15 is 0 Å². The summed E-state index contributed by atoms with van der Waals surface area (Å²) >= 11 is 5.90. The van der Waals surface area contributed by atoms with E-state index in [1.54, 1.807) is 0 Å². The standard InChI is InChI=1S/C9H12ClNO/c10-8-3-1-2-7(8)9(12)11-6-4-5-6/h6H,1-5H2,(H,11,12). The van der Waals surface area contributed by atoms with Gasteiger partial charge in [0.15, 0.2) is 0 Å². The maximum absolute atomic E-state index is 11.5. The van der Waals surface area contributed by atoms with Gasteiger partial charge in [0.2, 0.25) is 5.91 Å². The molecule has 0 atom stereocenters. The van der Waals surface area contributed by atoms with E-state index in [2.05, 4.69) is 5.32 Å². The van der Waals surface area contributed by atoms with E-state index in [1.807, 2.05) is 0 Å². The van der Waals surface area contributed by atoms with Gasteiger partial charge in [-0.05, 0) is 32.1 Å². The van der Waals surface area contributed by atoms with Gasteiger partial charge in [-0.15, -0.1) is 0 Å². The Labute approximate surface area is 77.0 Å². The van der Waals surface area contributed by atoms with Crippen molar-refractivity contribution >= 4 is 17.5 Å². The lowest BCUT2D eigenvalue weighted by molar-refractivity contribution is -0.117. The number of rotatable bonds is 2. The molecular formula is C9H12ClNO. The molecule has 3 heteroatoms. The molecule has 1 saturated carbocycles. The molecule has 0 spiro atoms. The van der Waals surface area contributed by atoms with Crippen LogP contribution in [0, 0.1) is 0 Å². The molecule has 2 aliphatic carbocycles. The predicted octanol–water partition coefficient (Wildman–Crippen LogP) is 1.94. The van der Waals surface area contributed by atoms with E-state index in [0.29, 0.717) is 6.04 Å². The van der Waals surface area contributed by atoms with Gasteiger partial charge in [0.05, 0.1) is 0 Å². The third-order valence-electron chi connectivity index (χ3n) is 2.34. The van der Waals surface area contributed by atoms with Crippen molar-refractivity contribution in [1.29, 1.82) is 0 Å². The van der Waals surface area contributed by atoms with Crippen molar-refractivity contribution in [3.63, 3.8) is 0 Å². The number of hydrogen-bond acceptors (Lipinski definition) is 1. The Hall–Kier alpha value is -0.500. The maximum atomic E-state index is 11.5. The van der Waals surface area contributed by atoms with Gasteiger partial charge in [0.25, 0.3) is 0 Å². The zero-order chi connectivity index (χ0) is 8.55. The predicted molar refractivity (Wildman–Crippen MR) is 47.9 cm³/mol. The minimum Gasteiger partial charge on any atom is -0.350 e. The second kappa shape index (κ2) is 3.09. The van der Waals surface area contributed by atoms with Crippen LogP contribution in [0.4, 0.5) is 0 Å². The molecule has 66 valence electrons. The quantitative estimate of drug-likeness (QED) is 0.700. The van der Waals surface area contributed by atoms with E-state index in [-0.39, 0.29) is 5.91 Å². The smallest absolute Gasteiger partial charge is 0.248 e. The SMILES string of the molecule is O=C(NC1CC1)C1=C(Cl)CCC1. The average Bonchev–Trinajstić information content (AvgIpc) is 2.72. The highest BCUT2D eigenvalue weighted by Gasteiger charge is 2.27. The van der Waals surface area contributed by atoms with Crippen LogP contribution in [0.15, 0.2) is 10.6 Å². The fourth-order valence-electron chi connectivity index (χ4n) is 1.44. The molecular weight excluding hydrogens is 174 g/mol. The van der Waals surface area contributed by atoms with Gasteiger partial charge >= 0.3 is 0 Å². The molecule has 0 bridgehead atoms. The zero-order valence-electron chi connectivity index (χ0n) is 6.90. The summed E-state index contributed by atoms with van der Waals surface area (Å²) < 4.78 is 0. The highest BCUT2D eigenvalue weighted by Crippen LogP contribution is 2.29. The molecule has 1 N–H and O–H groups in total. The van der Waals surface area contributed by atoms with Crippen molar-refractivity contribution in [2.24, 2.45) is 0 Å². The van der Waals surface area contributed by atoms with Gasteiger partial charge in [-0.1, -0.05) is 11.6 Å². The zero-order valence-corrected chi connectivity index (χ0v) is 7.66. The first-order valence-electron chi connectivity index (χ1n) is 4.46. The lowest BCUT2D eigenvalue weighted by Crippen LogP contribution is -2.26. The van der Waals surface area contributed by atoms with E-state index in [1.165, 1.54) is 0 Å². The molecule has 1 fully saturated rings. The largest absolute Gasteiger partial charge is 0.350 e. The monoisotopic (exact) mass is 185 g/mol. The Balaban J connectivity index is 1.97. The van der Waals surface area contributed by atoms with Crippen molar-refractivity contribution in [1.82, 2.24) is 5.32 Å². The normalized spacial score (nSPS) is 23.1. The van der Waals surface area contributed by atoms with Gasteiger partial charge < -0.3 is 5.32 Å². The molecule has 12 heavy (non-hydrogen) atoms. The number of carbonyl (C=O) groups is 1. The third kappa shape index (κ3) is 1.63. The summed E-state index contributed by atoms with van der Waals surface area (Å²) in [5.74, 6) is 0.0694. The molecule has 2 nitrogen and oxygen atoms in total. The second-order valence-corrected chi connectivity index (χ2v) is 3.94. The van der Waals surface area contributed by atoms with E-state index in [9.17, 15) is 4.79 Å². The van der Waals surface area contributed by atoms with Crippen LogP contribution in [0.3, 0.4) is 0 Å². The summed E-state index contributed by atoms with van der Waals surface area (Å²) in [6, 6.07) is 0.440. The minimum atomic E-state index is 0.0694. The van der Waals surface area contributed by atoms with Crippen molar-refractivity contribution in [3.05, 3.63) is 10.6 Å². The van der Waals surface area contributed by atoms with E-state index in [0.717, 1.165) is 42.7 Å². The van der Waals surface area contributed by atoms with Gasteiger partial charge in [0.1, 0.15) is 0 Å². The number of allylic oxidation sites excluding steroid dienone is 1. The molecule has 0 aromatic carbocycles. The minimum absolute atomic E-state index is 0.0694. The summed E-state index contributed by atoms with van der Waals surface area (Å²) in [4.78, 5) is 11.5. The first-order valence-corrected chi connectivity index (χ1v) is 4.83. The van der Waals surface area contributed by atoms with Crippen LogP contribution < -0.4 is 5.32 Å². The Bertz CT molecular complexity index is 243. The highest BCUT2D eigenvalue weighted by atomic mass is 35.5. The van der Waals surface area contributed by atoms with Gasteiger partial charge in [0, 0.05) is 16.6 Å². The number of hydrogen-bond donors (Lipinski definition) is 1. The summed E-state index contributed by atoms with van der Waals surface area (Å²) in [6.45, 7) is 0. The van der Waals surface area contributed by atoms with Crippen LogP contribution in [0.25, 0.3) is 0 Å². The van der Waals surface area contributed by atoms with Crippen LogP contribution in [0.1, 0.15) is 32.1 Å². The molecule has 0 unspecified atom stereocenters. The number of halogens is 1. The van der Waals surface area contributed by atoms with Crippen LogP contribution in [-0.4, -0.2) is 11.9 Å². The average molecular weight is 186 g/mol. The van der Waals surface area contributed by atoms with Crippen LogP contribution in [0.5, 0.6) is 0 Å². The molecule has 2 rings (SSSR count). The fourth-order valence-corrected chi connectivity index (χ4v) is 1.76. The highest BCUT2D eigenvalue weighted by molar-refractivity contribution is 6.32. The van der Waals surface area contributed by atoms with Crippen LogP contribution in [0.2, 0.25) is 0 Å². The summed E-state index contributed by atoms with van der Waals surface area (Å²) in [6.07, 6.45) is 5.05. The number of carbonyl (C=O) groups excluding carboxylic acids is 1.